The maximum atomic E-state index is 12.2. The zero-order chi connectivity index (χ0) is 17.4. The number of amides is 2. The average Bonchev–Trinajstić information content (AvgIpc) is 2.97. The normalized spacial score (nSPS) is 15.2. The first-order valence-electron chi connectivity index (χ1n) is 7.88. The Kier molecular flexibility index (Phi) is 7.16. The van der Waals surface area contributed by atoms with Crippen LogP contribution in [0.25, 0.3) is 0 Å². The smallest absolute Gasteiger partial charge is 0.249 e. The van der Waals surface area contributed by atoms with Crippen molar-refractivity contribution in [2.24, 2.45) is 0 Å². The zero-order valence-electron chi connectivity index (χ0n) is 14.1. The molecule has 1 N–H and O–H groups in total. The molecule has 0 aromatic carbocycles. The van der Waals surface area contributed by atoms with E-state index in [0.29, 0.717) is 37.9 Å². The van der Waals surface area contributed by atoms with Crippen LogP contribution in [0.15, 0.2) is 10.6 Å². The van der Waals surface area contributed by atoms with E-state index in [-0.39, 0.29) is 25.0 Å². The van der Waals surface area contributed by atoms with E-state index in [0.717, 1.165) is 13.1 Å². The van der Waals surface area contributed by atoms with Gasteiger partial charge in [0.05, 0.1) is 13.2 Å². The molecule has 9 nitrogen and oxygen atoms in total. The Morgan fingerprint density at radius 3 is 2.79 bits per heavy atom. The number of ether oxygens (including phenoxy) is 2. The van der Waals surface area contributed by atoms with Crippen molar-refractivity contribution in [1.82, 2.24) is 15.0 Å². The molecule has 0 aliphatic carbocycles. The topological polar surface area (TPSA) is 97.1 Å². The third kappa shape index (κ3) is 5.91. The summed E-state index contributed by atoms with van der Waals surface area (Å²) in [5, 5.41) is 6.32. The quantitative estimate of drug-likeness (QED) is 0.695. The molecule has 9 heteroatoms. The fraction of sp³-hybridized carbons (Fsp3) is 0.667. The van der Waals surface area contributed by atoms with Crippen LogP contribution in [0.3, 0.4) is 0 Å². The van der Waals surface area contributed by atoms with Gasteiger partial charge in [0.25, 0.3) is 0 Å². The molecule has 0 radical (unpaired) electrons. The Bertz CT molecular complexity index is 542. The molecule has 0 saturated carbocycles. The van der Waals surface area contributed by atoms with Crippen LogP contribution in [-0.4, -0.2) is 86.4 Å². The minimum atomic E-state index is -0.324. The molecular weight excluding hydrogens is 316 g/mol. The van der Waals surface area contributed by atoms with Crippen LogP contribution in [-0.2, 0) is 19.1 Å². The highest BCUT2D eigenvalue weighted by Gasteiger charge is 2.19. The number of morpholine rings is 1. The van der Waals surface area contributed by atoms with Crippen molar-refractivity contribution in [2.45, 2.75) is 6.92 Å². The van der Waals surface area contributed by atoms with Gasteiger partial charge in [-0.1, -0.05) is 5.16 Å². The second kappa shape index (κ2) is 9.36. The van der Waals surface area contributed by atoms with Crippen molar-refractivity contribution in [3.63, 3.8) is 0 Å². The number of hydrogen-bond acceptors (Lipinski definition) is 7. The zero-order valence-corrected chi connectivity index (χ0v) is 14.1. The van der Waals surface area contributed by atoms with E-state index in [2.05, 4.69) is 15.4 Å². The van der Waals surface area contributed by atoms with Crippen molar-refractivity contribution in [1.29, 1.82) is 0 Å². The lowest BCUT2D eigenvalue weighted by Crippen LogP contribution is -2.46. The fourth-order valence-corrected chi connectivity index (χ4v) is 2.37. The van der Waals surface area contributed by atoms with Crippen LogP contribution in [0, 0.1) is 6.92 Å². The van der Waals surface area contributed by atoms with E-state index >= 15 is 0 Å². The molecule has 0 unspecified atom stereocenters. The number of nitrogens with one attached hydrogen (secondary N) is 1. The molecule has 0 bridgehead atoms. The summed E-state index contributed by atoms with van der Waals surface area (Å²) in [4.78, 5) is 28.0. The van der Waals surface area contributed by atoms with Gasteiger partial charge >= 0.3 is 0 Å². The monoisotopic (exact) mass is 340 g/mol. The molecule has 2 rings (SSSR count). The summed E-state index contributed by atoms with van der Waals surface area (Å²) in [7, 11) is 1.45. The van der Waals surface area contributed by atoms with Gasteiger partial charge in [-0.25, -0.2) is 0 Å². The second-order valence-corrected chi connectivity index (χ2v) is 5.57. The number of aromatic nitrogens is 1. The average molecular weight is 340 g/mol. The van der Waals surface area contributed by atoms with Crippen molar-refractivity contribution in [2.75, 3.05) is 65.0 Å². The molecule has 1 aliphatic heterocycles. The highest BCUT2D eigenvalue weighted by Crippen LogP contribution is 2.07. The molecule has 134 valence electrons. The summed E-state index contributed by atoms with van der Waals surface area (Å²) in [6.07, 6.45) is 0. The molecule has 2 amide bonds. The Balaban J connectivity index is 1.86. The summed E-state index contributed by atoms with van der Waals surface area (Å²) in [6.45, 7) is 5.81. The predicted octanol–water partition coefficient (Wildman–Crippen LogP) is -0.271. The Morgan fingerprint density at radius 2 is 2.17 bits per heavy atom. The number of hydrogen-bond donors (Lipinski definition) is 1. The summed E-state index contributed by atoms with van der Waals surface area (Å²) in [5.41, 5.74) is 0. The molecular formula is C15H24N4O5. The highest BCUT2D eigenvalue weighted by molar-refractivity contribution is 5.93. The van der Waals surface area contributed by atoms with Crippen molar-refractivity contribution < 1.29 is 23.6 Å². The molecule has 1 saturated heterocycles. The number of aryl methyl sites for hydroxylation is 1. The van der Waals surface area contributed by atoms with Gasteiger partial charge in [0.15, 0.2) is 5.82 Å². The molecule has 1 aliphatic rings. The largest absolute Gasteiger partial charge is 0.379 e. The van der Waals surface area contributed by atoms with Crippen molar-refractivity contribution >= 4 is 17.6 Å². The molecule has 1 aromatic heterocycles. The minimum absolute atomic E-state index is 0.0561. The van der Waals surface area contributed by atoms with Gasteiger partial charge in [0.2, 0.25) is 11.8 Å². The summed E-state index contributed by atoms with van der Waals surface area (Å²) >= 11 is 0. The Labute approximate surface area is 140 Å². The van der Waals surface area contributed by atoms with E-state index in [1.165, 1.54) is 12.0 Å². The van der Waals surface area contributed by atoms with Gasteiger partial charge in [-0.3, -0.25) is 14.5 Å². The number of methoxy groups -OCH3 is 1. The van der Waals surface area contributed by atoms with E-state index in [1.54, 1.807) is 13.0 Å². The molecule has 2 heterocycles. The SMILES string of the molecule is COCC(=O)N(CCN1CCOCC1)CC(=O)Nc1cc(C)on1. The summed E-state index contributed by atoms with van der Waals surface area (Å²) in [5.74, 6) is 0.390. The number of rotatable bonds is 8. The van der Waals surface area contributed by atoms with Gasteiger partial charge in [0, 0.05) is 39.4 Å². The van der Waals surface area contributed by atoms with Crippen LogP contribution in [0.2, 0.25) is 0 Å². The van der Waals surface area contributed by atoms with Gasteiger partial charge in [-0.15, -0.1) is 0 Å². The fourth-order valence-electron chi connectivity index (χ4n) is 2.37. The molecule has 1 fully saturated rings. The maximum absolute atomic E-state index is 12.2. The van der Waals surface area contributed by atoms with Gasteiger partial charge in [-0.05, 0) is 6.92 Å². The van der Waals surface area contributed by atoms with Crippen molar-refractivity contribution in [3.05, 3.63) is 11.8 Å². The maximum Gasteiger partial charge on any atom is 0.249 e. The van der Waals surface area contributed by atoms with Crippen LogP contribution in [0.4, 0.5) is 5.82 Å². The first-order valence-corrected chi connectivity index (χ1v) is 7.88. The number of nitrogens with zero attached hydrogens (tertiary/aromatic N) is 3. The molecule has 0 atom stereocenters. The number of carbonyl (C=O) groups is 2. The Hall–Kier alpha value is -1.97. The van der Waals surface area contributed by atoms with Gasteiger partial charge in [-0.2, -0.15) is 0 Å². The minimum Gasteiger partial charge on any atom is -0.379 e. The Morgan fingerprint density at radius 1 is 1.42 bits per heavy atom. The van der Waals surface area contributed by atoms with E-state index < -0.39 is 0 Å². The van der Waals surface area contributed by atoms with Crippen LogP contribution in [0.5, 0.6) is 0 Å². The first-order chi connectivity index (χ1) is 11.6. The molecule has 0 spiro atoms. The molecule has 1 aromatic rings. The first kappa shape index (κ1) is 18.4. The summed E-state index contributed by atoms with van der Waals surface area (Å²) < 4.78 is 15.1. The molecule has 24 heavy (non-hydrogen) atoms. The number of anilines is 1. The number of carbonyl (C=O) groups excluding carboxylic acids is 2. The van der Waals surface area contributed by atoms with Crippen molar-refractivity contribution in [3.8, 4) is 0 Å². The van der Waals surface area contributed by atoms with E-state index in [4.69, 9.17) is 14.0 Å². The van der Waals surface area contributed by atoms with E-state index in [9.17, 15) is 9.59 Å². The predicted molar refractivity (Wildman–Crippen MR) is 85.6 cm³/mol. The lowest BCUT2D eigenvalue weighted by atomic mass is 10.3. The van der Waals surface area contributed by atoms with Crippen LogP contribution < -0.4 is 5.32 Å². The standard InChI is InChI=1S/C15H24N4O5/c1-12-9-13(17-24-12)16-14(20)10-19(15(21)11-22-2)4-3-18-5-7-23-8-6-18/h9H,3-8,10-11H2,1-2H3,(H,16,17,20). The highest BCUT2D eigenvalue weighted by atomic mass is 16.5. The van der Waals surface area contributed by atoms with Gasteiger partial charge < -0.3 is 24.2 Å². The van der Waals surface area contributed by atoms with Crippen LogP contribution in [0.1, 0.15) is 5.76 Å². The second-order valence-electron chi connectivity index (χ2n) is 5.57. The third-order valence-corrected chi connectivity index (χ3v) is 3.64. The lowest BCUT2D eigenvalue weighted by molar-refractivity contribution is -0.138. The van der Waals surface area contributed by atoms with Crippen LogP contribution >= 0.6 is 0 Å². The van der Waals surface area contributed by atoms with Gasteiger partial charge in [0.1, 0.15) is 18.9 Å². The van der Waals surface area contributed by atoms with E-state index in [1.807, 2.05) is 0 Å². The summed E-state index contributed by atoms with van der Waals surface area (Å²) in [6, 6.07) is 1.62. The lowest BCUT2D eigenvalue weighted by Gasteiger charge is -2.29. The third-order valence-electron chi connectivity index (χ3n) is 3.64.